The fourth-order valence-electron chi connectivity index (χ4n) is 2.50. The molecule has 6 heteroatoms. The molecule has 0 radical (unpaired) electrons. The molecule has 0 aliphatic heterocycles. The highest BCUT2D eigenvalue weighted by molar-refractivity contribution is 9.10. The number of hydrazine groups is 1. The van der Waals surface area contributed by atoms with Crippen LogP contribution in [0, 0.1) is 6.92 Å². The Morgan fingerprint density at radius 3 is 2.32 bits per heavy atom. The Labute approximate surface area is 171 Å². The van der Waals surface area contributed by atoms with Crippen LogP contribution in [0.5, 0.6) is 5.75 Å². The third-order valence-corrected chi connectivity index (χ3v) is 4.95. The van der Waals surface area contributed by atoms with E-state index in [-0.39, 0.29) is 0 Å². The predicted octanol–water partition coefficient (Wildman–Crippen LogP) is 4.41. The van der Waals surface area contributed by atoms with E-state index in [1.165, 1.54) is 0 Å². The molecule has 0 bridgehead atoms. The standard InChI is InChI=1S/C22H19BrN2O3/c1-15-11-12-17(13-19(15)23)21(26)24-25-22(27)18-9-5-6-10-20(18)28-14-16-7-3-2-4-8-16/h2-13H,14H2,1H3,(H,24,26)(H,25,27). The average Bonchev–Trinajstić information content (AvgIpc) is 2.73. The molecule has 0 aliphatic rings. The van der Waals surface area contributed by atoms with E-state index in [1.54, 1.807) is 36.4 Å². The zero-order chi connectivity index (χ0) is 19.9. The largest absolute Gasteiger partial charge is 0.488 e. The van der Waals surface area contributed by atoms with Crippen LogP contribution in [0.15, 0.2) is 77.3 Å². The molecule has 0 saturated carbocycles. The monoisotopic (exact) mass is 438 g/mol. The molecule has 0 heterocycles. The first-order chi connectivity index (χ1) is 13.5. The first-order valence-electron chi connectivity index (χ1n) is 8.67. The number of hydrogen-bond acceptors (Lipinski definition) is 3. The van der Waals surface area contributed by atoms with Gasteiger partial charge in [0.1, 0.15) is 12.4 Å². The summed E-state index contributed by atoms with van der Waals surface area (Å²) in [4.78, 5) is 24.8. The summed E-state index contributed by atoms with van der Waals surface area (Å²) in [6.45, 7) is 2.27. The number of carbonyl (C=O) groups excluding carboxylic acids is 2. The van der Waals surface area contributed by atoms with E-state index in [0.717, 1.165) is 15.6 Å². The summed E-state index contributed by atoms with van der Waals surface area (Å²) in [5, 5.41) is 0. The fourth-order valence-corrected chi connectivity index (χ4v) is 2.88. The summed E-state index contributed by atoms with van der Waals surface area (Å²) < 4.78 is 6.61. The minimum atomic E-state index is -0.455. The summed E-state index contributed by atoms with van der Waals surface area (Å²) in [5.41, 5.74) is 7.65. The maximum atomic E-state index is 12.5. The van der Waals surface area contributed by atoms with E-state index >= 15 is 0 Å². The third-order valence-electron chi connectivity index (χ3n) is 4.09. The van der Waals surface area contributed by atoms with Crippen molar-refractivity contribution in [1.29, 1.82) is 0 Å². The van der Waals surface area contributed by atoms with Crippen molar-refractivity contribution in [3.8, 4) is 5.75 Å². The van der Waals surface area contributed by atoms with Gasteiger partial charge >= 0.3 is 0 Å². The molecule has 5 nitrogen and oxygen atoms in total. The number of halogens is 1. The molecule has 3 aromatic rings. The molecule has 28 heavy (non-hydrogen) atoms. The second-order valence-corrected chi connectivity index (χ2v) is 7.00. The second kappa shape index (κ2) is 9.19. The number of amides is 2. The van der Waals surface area contributed by atoms with Gasteiger partial charge in [-0.1, -0.05) is 64.5 Å². The van der Waals surface area contributed by atoms with Crippen LogP contribution in [-0.4, -0.2) is 11.8 Å². The van der Waals surface area contributed by atoms with Crippen LogP contribution < -0.4 is 15.6 Å². The number of ether oxygens (including phenoxy) is 1. The highest BCUT2D eigenvalue weighted by Crippen LogP contribution is 2.20. The van der Waals surface area contributed by atoms with Crippen LogP contribution in [0.3, 0.4) is 0 Å². The van der Waals surface area contributed by atoms with E-state index in [9.17, 15) is 9.59 Å². The van der Waals surface area contributed by atoms with Crippen LogP contribution in [0.25, 0.3) is 0 Å². The second-order valence-electron chi connectivity index (χ2n) is 6.14. The summed E-state index contributed by atoms with van der Waals surface area (Å²) in [6.07, 6.45) is 0. The van der Waals surface area contributed by atoms with Crippen molar-refractivity contribution in [2.75, 3.05) is 0 Å². The van der Waals surface area contributed by atoms with Crippen molar-refractivity contribution >= 4 is 27.7 Å². The molecule has 0 aliphatic carbocycles. The van der Waals surface area contributed by atoms with Gasteiger partial charge in [-0.25, -0.2) is 0 Å². The quantitative estimate of drug-likeness (QED) is 0.579. The van der Waals surface area contributed by atoms with Gasteiger partial charge in [0.15, 0.2) is 0 Å². The molecule has 0 unspecified atom stereocenters. The van der Waals surface area contributed by atoms with Crippen molar-refractivity contribution in [3.05, 3.63) is 99.5 Å². The van der Waals surface area contributed by atoms with Crippen LogP contribution in [0.2, 0.25) is 0 Å². The topological polar surface area (TPSA) is 67.4 Å². The summed E-state index contributed by atoms with van der Waals surface area (Å²) in [6, 6.07) is 21.8. The first kappa shape index (κ1) is 19.6. The lowest BCUT2D eigenvalue weighted by Gasteiger charge is -2.12. The van der Waals surface area contributed by atoms with Crippen molar-refractivity contribution in [1.82, 2.24) is 10.9 Å². The van der Waals surface area contributed by atoms with Gasteiger partial charge in [0, 0.05) is 10.0 Å². The van der Waals surface area contributed by atoms with E-state index < -0.39 is 11.8 Å². The van der Waals surface area contributed by atoms with Gasteiger partial charge < -0.3 is 4.74 Å². The van der Waals surface area contributed by atoms with Crippen molar-refractivity contribution in [2.24, 2.45) is 0 Å². The fraction of sp³-hybridized carbons (Fsp3) is 0.0909. The molecule has 0 saturated heterocycles. The number of carbonyl (C=O) groups is 2. The first-order valence-corrected chi connectivity index (χ1v) is 9.46. The highest BCUT2D eigenvalue weighted by Gasteiger charge is 2.14. The highest BCUT2D eigenvalue weighted by atomic mass is 79.9. The molecule has 0 atom stereocenters. The minimum absolute atomic E-state index is 0.337. The van der Waals surface area contributed by atoms with Crippen LogP contribution in [-0.2, 0) is 6.61 Å². The zero-order valence-electron chi connectivity index (χ0n) is 15.2. The molecule has 0 aromatic heterocycles. The number of hydrogen-bond donors (Lipinski definition) is 2. The molecule has 3 aromatic carbocycles. The van der Waals surface area contributed by atoms with Crippen LogP contribution in [0.1, 0.15) is 31.8 Å². The summed E-state index contributed by atoms with van der Waals surface area (Å²) in [5.74, 6) is -0.420. The van der Waals surface area contributed by atoms with Gasteiger partial charge in [-0.05, 0) is 42.3 Å². The van der Waals surface area contributed by atoms with Gasteiger partial charge in [0.2, 0.25) is 0 Å². The van der Waals surface area contributed by atoms with E-state index in [0.29, 0.717) is 23.5 Å². The van der Waals surface area contributed by atoms with Gasteiger partial charge in [-0.15, -0.1) is 0 Å². The Kier molecular flexibility index (Phi) is 6.45. The predicted molar refractivity (Wildman–Crippen MR) is 111 cm³/mol. The average molecular weight is 439 g/mol. The van der Waals surface area contributed by atoms with Crippen molar-refractivity contribution in [3.63, 3.8) is 0 Å². The van der Waals surface area contributed by atoms with E-state index in [4.69, 9.17) is 4.74 Å². The molecular weight excluding hydrogens is 420 g/mol. The molecule has 0 spiro atoms. The molecule has 142 valence electrons. The number of benzene rings is 3. The van der Waals surface area contributed by atoms with Gasteiger partial charge in [-0.2, -0.15) is 0 Å². The Morgan fingerprint density at radius 1 is 0.893 bits per heavy atom. The molecule has 2 N–H and O–H groups in total. The summed E-state index contributed by atoms with van der Waals surface area (Å²) in [7, 11) is 0. The summed E-state index contributed by atoms with van der Waals surface area (Å²) >= 11 is 3.39. The Balaban J connectivity index is 1.64. The minimum Gasteiger partial charge on any atom is -0.488 e. The van der Waals surface area contributed by atoms with Crippen LogP contribution in [0.4, 0.5) is 0 Å². The number of rotatable bonds is 5. The molecular formula is C22H19BrN2O3. The number of aryl methyl sites for hydroxylation is 1. The Morgan fingerprint density at radius 2 is 1.57 bits per heavy atom. The number of para-hydroxylation sites is 1. The smallest absolute Gasteiger partial charge is 0.273 e. The zero-order valence-corrected chi connectivity index (χ0v) is 16.8. The van der Waals surface area contributed by atoms with Crippen LogP contribution >= 0.6 is 15.9 Å². The number of nitrogens with one attached hydrogen (secondary N) is 2. The van der Waals surface area contributed by atoms with Crippen molar-refractivity contribution < 1.29 is 14.3 Å². The van der Waals surface area contributed by atoms with E-state index in [1.807, 2.05) is 43.3 Å². The Hall–Kier alpha value is -3.12. The van der Waals surface area contributed by atoms with Gasteiger partial charge in [0.05, 0.1) is 5.56 Å². The Bertz CT molecular complexity index is 990. The molecule has 2 amide bonds. The maximum absolute atomic E-state index is 12.5. The normalized spacial score (nSPS) is 10.2. The maximum Gasteiger partial charge on any atom is 0.273 e. The molecule has 3 rings (SSSR count). The third kappa shape index (κ3) is 4.98. The van der Waals surface area contributed by atoms with Crippen molar-refractivity contribution in [2.45, 2.75) is 13.5 Å². The van der Waals surface area contributed by atoms with Gasteiger partial charge in [0.25, 0.3) is 11.8 Å². The lowest BCUT2D eigenvalue weighted by molar-refractivity contribution is 0.0844. The lowest BCUT2D eigenvalue weighted by atomic mass is 10.1. The SMILES string of the molecule is Cc1ccc(C(=O)NNC(=O)c2ccccc2OCc2ccccc2)cc1Br. The molecule has 0 fully saturated rings. The lowest BCUT2D eigenvalue weighted by Crippen LogP contribution is -2.41. The van der Waals surface area contributed by atoms with Gasteiger partial charge in [-0.3, -0.25) is 20.4 Å². The van der Waals surface area contributed by atoms with E-state index in [2.05, 4.69) is 26.8 Å².